The molecule has 2 aromatic carbocycles. The molecular formula is C20H21FN4O2. The molecule has 0 spiro atoms. The Kier molecular flexibility index (Phi) is 5.80. The lowest BCUT2D eigenvalue weighted by Crippen LogP contribution is -2.26. The summed E-state index contributed by atoms with van der Waals surface area (Å²) in [5.74, 6) is 0.463. The summed E-state index contributed by atoms with van der Waals surface area (Å²) in [7, 11) is 1.43. The number of benzene rings is 2. The van der Waals surface area contributed by atoms with E-state index in [0.717, 1.165) is 23.5 Å². The zero-order chi connectivity index (χ0) is 19.2. The third-order valence-corrected chi connectivity index (χ3v) is 4.30. The van der Waals surface area contributed by atoms with Crippen molar-refractivity contribution in [2.24, 2.45) is 0 Å². The molecule has 0 bridgehead atoms. The number of halogens is 1. The summed E-state index contributed by atoms with van der Waals surface area (Å²) in [6.45, 7) is 3.29. The van der Waals surface area contributed by atoms with Gasteiger partial charge in [0.2, 0.25) is 0 Å². The highest BCUT2D eigenvalue weighted by atomic mass is 19.1. The number of hydrogen-bond donors (Lipinski definition) is 1. The molecule has 0 radical (unpaired) electrons. The minimum absolute atomic E-state index is 0.162. The van der Waals surface area contributed by atoms with Crippen LogP contribution in [0.3, 0.4) is 0 Å². The van der Waals surface area contributed by atoms with Crippen LogP contribution in [0.1, 0.15) is 23.1 Å². The highest BCUT2D eigenvalue weighted by Gasteiger charge is 2.09. The van der Waals surface area contributed by atoms with E-state index in [0.29, 0.717) is 18.5 Å². The number of rotatable bonds is 7. The van der Waals surface area contributed by atoms with Gasteiger partial charge >= 0.3 is 0 Å². The van der Waals surface area contributed by atoms with Crippen molar-refractivity contribution in [3.8, 4) is 16.9 Å². The van der Waals surface area contributed by atoms with Crippen LogP contribution in [0.4, 0.5) is 4.39 Å². The van der Waals surface area contributed by atoms with Crippen LogP contribution in [0.25, 0.3) is 11.1 Å². The molecule has 0 unspecified atom stereocenters. The smallest absolute Gasteiger partial charge is 0.251 e. The first-order valence-corrected chi connectivity index (χ1v) is 8.71. The van der Waals surface area contributed by atoms with Gasteiger partial charge in [0.25, 0.3) is 5.91 Å². The molecule has 27 heavy (non-hydrogen) atoms. The van der Waals surface area contributed by atoms with Crippen LogP contribution in [-0.4, -0.2) is 34.3 Å². The van der Waals surface area contributed by atoms with Gasteiger partial charge in [0.05, 0.1) is 7.11 Å². The molecule has 6 nitrogen and oxygen atoms in total. The van der Waals surface area contributed by atoms with Crippen molar-refractivity contribution in [2.75, 3.05) is 13.7 Å². The van der Waals surface area contributed by atoms with E-state index < -0.39 is 5.82 Å². The summed E-state index contributed by atoms with van der Waals surface area (Å²) in [5, 5.41) is 10.8. The lowest BCUT2D eigenvalue weighted by Gasteiger charge is -2.08. The molecule has 0 aliphatic carbocycles. The largest absolute Gasteiger partial charge is 0.494 e. The highest BCUT2D eigenvalue weighted by Crippen LogP contribution is 2.25. The zero-order valence-corrected chi connectivity index (χ0v) is 15.3. The van der Waals surface area contributed by atoms with E-state index in [1.54, 1.807) is 42.7 Å². The number of nitrogens with one attached hydrogen (secondary N) is 1. The van der Waals surface area contributed by atoms with Crippen LogP contribution in [0.15, 0.2) is 48.8 Å². The molecule has 1 aromatic heterocycles. The summed E-state index contributed by atoms with van der Waals surface area (Å²) in [6, 6.07) is 11.8. The summed E-state index contributed by atoms with van der Waals surface area (Å²) in [5.41, 5.74) is 2.09. The summed E-state index contributed by atoms with van der Waals surface area (Å²) in [6.07, 6.45) is 2.29. The summed E-state index contributed by atoms with van der Waals surface area (Å²) in [4.78, 5) is 12.3. The van der Waals surface area contributed by atoms with Crippen LogP contribution in [-0.2, 0) is 13.0 Å². The van der Waals surface area contributed by atoms with Crippen molar-refractivity contribution in [3.05, 3.63) is 66.0 Å². The number of carbonyl (C=O) groups excluding carboxylic acids is 1. The second-order valence-corrected chi connectivity index (χ2v) is 5.97. The second kappa shape index (κ2) is 8.44. The molecule has 0 fully saturated rings. The fraction of sp³-hybridized carbons (Fsp3) is 0.250. The van der Waals surface area contributed by atoms with E-state index in [2.05, 4.69) is 15.5 Å². The lowest BCUT2D eigenvalue weighted by atomic mass is 10.0. The maximum absolute atomic E-state index is 13.9. The van der Waals surface area contributed by atoms with E-state index in [1.165, 1.54) is 13.2 Å². The Labute approximate surface area is 157 Å². The highest BCUT2D eigenvalue weighted by molar-refractivity contribution is 5.94. The molecule has 0 aliphatic heterocycles. The zero-order valence-electron chi connectivity index (χ0n) is 15.3. The molecular weight excluding hydrogens is 347 g/mol. The molecule has 1 amide bonds. The van der Waals surface area contributed by atoms with Gasteiger partial charge in [-0.05, 0) is 42.3 Å². The SMILES string of the molecule is CCn1cnnc1CCNC(=O)c1ccc(-c2ccc(OC)c(F)c2)cc1. The molecule has 0 saturated carbocycles. The number of carbonyl (C=O) groups is 1. The molecule has 3 aromatic rings. The number of methoxy groups -OCH3 is 1. The van der Waals surface area contributed by atoms with E-state index in [4.69, 9.17) is 4.74 Å². The Bertz CT molecular complexity index is 922. The third-order valence-electron chi connectivity index (χ3n) is 4.30. The van der Waals surface area contributed by atoms with Crippen molar-refractivity contribution in [1.82, 2.24) is 20.1 Å². The fourth-order valence-electron chi connectivity index (χ4n) is 2.79. The Morgan fingerprint density at radius 2 is 1.93 bits per heavy atom. The fourth-order valence-corrected chi connectivity index (χ4v) is 2.79. The standard InChI is InChI=1S/C20H21FN4O2/c1-3-25-13-23-24-19(25)10-11-22-20(26)15-6-4-14(5-7-15)16-8-9-18(27-2)17(21)12-16/h4-9,12-13H,3,10-11H2,1-2H3,(H,22,26). The molecule has 7 heteroatoms. The van der Waals surface area contributed by atoms with Gasteiger partial charge in [-0.25, -0.2) is 4.39 Å². The van der Waals surface area contributed by atoms with Crippen LogP contribution in [0.2, 0.25) is 0 Å². The molecule has 0 saturated heterocycles. The van der Waals surface area contributed by atoms with Gasteiger partial charge in [-0.3, -0.25) is 4.79 Å². The Morgan fingerprint density at radius 3 is 2.59 bits per heavy atom. The Morgan fingerprint density at radius 1 is 1.19 bits per heavy atom. The van der Waals surface area contributed by atoms with Gasteiger partial charge in [0.15, 0.2) is 11.6 Å². The van der Waals surface area contributed by atoms with E-state index in [9.17, 15) is 9.18 Å². The van der Waals surface area contributed by atoms with Gasteiger partial charge in [-0.2, -0.15) is 0 Å². The quantitative estimate of drug-likeness (QED) is 0.696. The number of aromatic nitrogens is 3. The average molecular weight is 368 g/mol. The number of nitrogens with zero attached hydrogens (tertiary/aromatic N) is 3. The van der Waals surface area contributed by atoms with Gasteiger partial charge in [0.1, 0.15) is 12.2 Å². The van der Waals surface area contributed by atoms with Crippen molar-refractivity contribution < 1.29 is 13.9 Å². The van der Waals surface area contributed by atoms with Crippen LogP contribution in [0.5, 0.6) is 5.75 Å². The predicted octanol–water partition coefficient (Wildman–Crippen LogP) is 3.09. The topological polar surface area (TPSA) is 69.0 Å². The minimum Gasteiger partial charge on any atom is -0.494 e. The van der Waals surface area contributed by atoms with Gasteiger partial charge in [-0.15, -0.1) is 10.2 Å². The molecule has 1 heterocycles. The maximum Gasteiger partial charge on any atom is 0.251 e. The number of aryl methyl sites for hydroxylation is 1. The second-order valence-electron chi connectivity index (χ2n) is 5.97. The van der Waals surface area contributed by atoms with Crippen LogP contribution < -0.4 is 10.1 Å². The van der Waals surface area contributed by atoms with Crippen molar-refractivity contribution in [3.63, 3.8) is 0 Å². The summed E-state index contributed by atoms with van der Waals surface area (Å²) < 4.78 is 20.7. The number of amides is 1. The van der Waals surface area contributed by atoms with E-state index >= 15 is 0 Å². The molecule has 0 aliphatic rings. The molecule has 0 atom stereocenters. The normalized spacial score (nSPS) is 10.6. The first kappa shape index (κ1) is 18.6. The van der Waals surface area contributed by atoms with Gasteiger partial charge < -0.3 is 14.6 Å². The molecule has 3 rings (SSSR count). The monoisotopic (exact) mass is 368 g/mol. The Balaban J connectivity index is 1.61. The summed E-state index contributed by atoms with van der Waals surface area (Å²) >= 11 is 0. The maximum atomic E-state index is 13.9. The van der Waals surface area contributed by atoms with Crippen molar-refractivity contribution in [2.45, 2.75) is 19.9 Å². The van der Waals surface area contributed by atoms with Crippen molar-refractivity contribution in [1.29, 1.82) is 0 Å². The van der Waals surface area contributed by atoms with Crippen molar-refractivity contribution >= 4 is 5.91 Å². The Hall–Kier alpha value is -3.22. The molecule has 140 valence electrons. The van der Waals surface area contributed by atoms with E-state index in [1.807, 2.05) is 11.5 Å². The lowest BCUT2D eigenvalue weighted by molar-refractivity contribution is 0.0954. The van der Waals surface area contributed by atoms with Crippen LogP contribution in [0, 0.1) is 5.82 Å². The van der Waals surface area contributed by atoms with Crippen LogP contribution >= 0.6 is 0 Å². The number of ether oxygens (including phenoxy) is 1. The predicted molar refractivity (Wildman–Crippen MR) is 100 cm³/mol. The first-order valence-electron chi connectivity index (χ1n) is 8.71. The number of hydrogen-bond acceptors (Lipinski definition) is 4. The average Bonchev–Trinajstić information content (AvgIpc) is 3.15. The van der Waals surface area contributed by atoms with Gasteiger partial charge in [0, 0.05) is 25.1 Å². The third kappa shape index (κ3) is 4.31. The minimum atomic E-state index is -0.420. The first-order chi connectivity index (χ1) is 13.1. The van der Waals surface area contributed by atoms with E-state index in [-0.39, 0.29) is 11.7 Å². The van der Waals surface area contributed by atoms with Gasteiger partial charge in [-0.1, -0.05) is 18.2 Å². The molecule has 1 N–H and O–H groups in total.